The summed E-state index contributed by atoms with van der Waals surface area (Å²) in [5, 5.41) is 0.245. The van der Waals surface area contributed by atoms with E-state index in [2.05, 4.69) is 0 Å². The molecule has 1 aliphatic rings. The zero-order valence-electron chi connectivity index (χ0n) is 11.8. The number of hydrogen-bond donors (Lipinski definition) is 1. The van der Waals surface area contributed by atoms with E-state index in [1.165, 1.54) is 17.8 Å². The lowest BCUT2D eigenvalue weighted by Crippen LogP contribution is -2.31. The Labute approximate surface area is 147 Å². The van der Waals surface area contributed by atoms with E-state index in [9.17, 15) is 9.59 Å². The standard InChI is InChI=1S/C16H12Cl2N2O2S/c17-9-1-6-12(18)13(7-9)20-15(21)8-14(16(20)22)23-11-4-2-10(19)3-5-11/h1-7,14H,8,19H2/t14-/m1/s1. The summed E-state index contributed by atoms with van der Waals surface area (Å²) in [5.74, 6) is -0.576. The number of anilines is 2. The molecule has 2 aromatic rings. The Bertz CT molecular complexity index is 780. The van der Waals surface area contributed by atoms with Crippen LogP contribution in [0, 0.1) is 0 Å². The van der Waals surface area contributed by atoms with Crippen LogP contribution >= 0.6 is 35.0 Å². The minimum atomic E-state index is -0.485. The predicted octanol–water partition coefficient (Wildman–Crippen LogP) is 4.00. The highest BCUT2D eigenvalue weighted by molar-refractivity contribution is 8.00. The molecule has 3 rings (SSSR count). The lowest BCUT2D eigenvalue weighted by Gasteiger charge is -2.16. The molecule has 0 aliphatic carbocycles. The smallest absolute Gasteiger partial charge is 0.247 e. The Morgan fingerprint density at radius 2 is 1.78 bits per heavy atom. The van der Waals surface area contributed by atoms with Crippen LogP contribution in [0.1, 0.15) is 6.42 Å². The number of nitrogen functional groups attached to an aromatic ring is 1. The molecule has 0 aromatic heterocycles. The highest BCUT2D eigenvalue weighted by Gasteiger charge is 2.40. The zero-order chi connectivity index (χ0) is 16.6. The Hall–Kier alpha value is -1.69. The van der Waals surface area contributed by atoms with Crippen molar-refractivity contribution in [2.45, 2.75) is 16.6 Å². The third-order valence-electron chi connectivity index (χ3n) is 3.41. The number of thioether (sulfide) groups is 1. The fraction of sp³-hybridized carbons (Fsp3) is 0.125. The van der Waals surface area contributed by atoms with Gasteiger partial charge in [-0.2, -0.15) is 0 Å². The van der Waals surface area contributed by atoms with Crippen LogP contribution in [0.3, 0.4) is 0 Å². The number of carbonyl (C=O) groups excluding carboxylic acids is 2. The van der Waals surface area contributed by atoms with Crippen molar-refractivity contribution in [2.75, 3.05) is 10.6 Å². The van der Waals surface area contributed by atoms with Gasteiger partial charge < -0.3 is 5.73 Å². The molecule has 1 fully saturated rings. The quantitative estimate of drug-likeness (QED) is 0.658. The molecule has 2 N–H and O–H groups in total. The number of hydrogen-bond acceptors (Lipinski definition) is 4. The summed E-state index contributed by atoms with van der Waals surface area (Å²) < 4.78 is 0. The highest BCUT2D eigenvalue weighted by Crippen LogP contribution is 2.37. The minimum Gasteiger partial charge on any atom is -0.399 e. The van der Waals surface area contributed by atoms with E-state index in [1.807, 2.05) is 12.1 Å². The summed E-state index contributed by atoms with van der Waals surface area (Å²) in [7, 11) is 0. The summed E-state index contributed by atoms with van der Waals surface area (Å²) in [6.45, 7) is 0. The number of rotatable bonds is 3. The van der Waals surface area contributed by atoms with Crippen molar-refractivity contribution in [2.24, 2.45) is 0 Å². The van der Waals surface area contributed by atoms with E-state index in [4.69, 9.17) is 28.9 Å². The van der Waals surface area contributed by atoms with Gasteiger partial charge in [0.15, 0.2) is 0 Å². The van der Waals surface area contributed by atoms with Crippen molar-refractivity contribution in [1.82, 2.24) is 0 Å². The van der Waals surface area contributed by atoms with E-state index in [0.717, 1.165) is 9.80 Å². The van der Waals surface area contributed by atoms with E-state index in [1.54, 1.807) is 24.3 Å². The summed E-state index contributed by atoms with van der Waals surface area (Å²) in [4.78, 5) is 26.9. The van der Waals surface area contributed by atoms with Gasteiger partial charge in [0, 0.05) is 22.0 Å². The zero-order valence-corrected chi connectivity index (χ0v) is 14.2. The number of benzene rings is 2. The first-order chi connectivity index (χ1) is 11.0. The Morgan fingerprint density at radius 3 is 2.48 bits per heavy atom. The minimum absolute atomic E-state index is 0.122. The van der Waals surface area contributed by atoms with E-state index >= 15 is 0 Å². The van der Waals surface area contributed by atoms with Gasteiger partial charge in [-0.3, -0.25) is 9.59 Å². The van der Waals surface area contributed by atoms with E-state index in [0.29, 0.717) is 21.4 Å². The van der Waals surface area contributed by atoms with Crippen molar-refractivity contribution in [1.29, 1.82) is 0 Å². The lowest BCUT2D eigenvalue weighted by molar-refractivity contribution is -0.121. The SMILES string of the molecule is Nc1ccc(S[C@@H]2CC(=O)N(c3cc(Cl)ccc3Cl)C2=O)cc1. The van der Waals surface area contributed by atoms with Crippen LogP contribution in [0.5, 0.6) is 0 Å². The molecule has 0 spiro atoms. The van der Waals surface area contributed by atoms with Crippen LogP contribution in [-0.4, -0.2) is 17.1 Å². The van der Waals surface area contributed by atoms with Gasteiger partial charge in [0.25, 0.3) is 0 Å². The first-order valence-electron chi connectivity index (χ1n) is 6.80. The molecule has 118 valence electrons. The molecule has 0 saturated carbocycles. The molecule has 1 heterocycles. The van der Waals surface area contributed by atoms with Gasteiger partial charge in [-0.1, -0.05) is 23.2 Å². The lowest BCUT2D eigenvalue weighted by atomic mass is 10.3. The molecule has 0 unspecified atom stereocenters. The predicted molar refractivity (Wildman–Crippen MR) is 94.1 cm³/mol. The van der Waals surface area contributed by atoms with Crippen LogP contribution in [0.25, 0.3) is 0 Å². The van der Waals surface area contributed by atoms with Crippen LogP contribution in [0.2, 0.25) is 10.0 Å². The van der Waals surface area contributed by atoms with Gasteiger partial charge in [-0.05, 0) is 42.5 Å². The first kappa shape index (κ1) is 16.2. The molecule has 1 saturated heterocycles. The molecule has 1 atom stereocenters. The van der Waals surface area contributed by atoms with Crippen LogP contribution in [-0.2, 0) is 9.59 Å². The highest BCUT2D eigenvalue weighted by atomic mass is 35.5. The summed E-state index contributed by atoms with van der Waals surface area (Å²) in [6.07, 6.45) is 0.122. The maximum atomic E-state index is 12.6. The van der Waals surface area contributed by atoms with Crippen LogP contribution in [0.4, 0.5) is 11.4 Å². The largest absolute Gasteiger partial charge is 0.399 e. The average Bonchev–Trinajstić information content (AvgIpc) is 2.78. The molecule has 0 bridgehead atoms. The van der Waals surface area contributed by atoms with Gasteiger partial charge >= 0.3 is 0 Å². The normalized spacial score (nSPS) is 17.8. The van der Waals surface area contributed by atoms with Crippen LogP contribution in [0.15, 0.2) is 47.4 Å². The third kappa shape index (κ3) is 3.32. The maximum Gasteiger partial charge on any atom is 0.247 e. The molecule has 4 nitrogen and oxygen atoms in total. The summed E-state index contributed by atoms with van der Waals surface area (Å²) >= 11 is 13.4. The second-order valence-corrected chi connectivity index (χ2v) is 7.16. The molecule has 0 radical (unpaired) electrons. The monoisotopic (exact) mass is 366 g/mol. The maximum absolute atomic E-state index is 12.6. The summed E-state index contributed by atoms with van der Waals surface area (Å²) in [5.41, 5.74) is 6.62. The van der Waals surface area contributed by atoms with E-state index < -0.39 is 5.25 Å². The van der Waals surface area contributed by atoms with Crippen molar-refractivity contribution in [3.8, 4) is 0 Å². The average molecular weight is 367 g/mol. The Balaban J connectivity index is 1.85. The number of nitrogens with zero attached hydrogens (tertiary/aromatic N) is 1. The fourth-order valence-corrected chi connectivity index (χ4v) is 3.74. The molecule has 1 aliphatic heterocycles. The van der Waals surface area contributed by atoms with Crippen molar-refractivity contribution in [3.05, 3.63) is 52.5 Å². The van der Waals surface area contributed by atoms with Gasteiger partial charge in [0.2, 0.25) is 11.8 Å². The topological polar surface area (TPSA) is 63.4 Å². The first-order valence-corrected chi connectivity index (χ1v) is 8.43. The number of nitrogens with two attached hydrogens (primary N) is 1. The fourth-order valence-electron chi connectivity index (χ4n) is 2.32. The number of imide groups is 1. The van der Waals surface area contributed by atoms with E-state index in [-0.39, 0.29) is 18.2 Å². The molecular weight excluding hydrogens is 355 g/mol. The van der Waals surface area contributed by atoms with Crippen LogP contribution < -0.4 is 10.6 Å². The molecular formula is C16H12Cl2N2O2S. The Morgan fingerprint density at radius 1 is 1.09 bits per heavy atom. The van der Waals surface area contributed by atoms with Gasteiger partial charge in [-0.25, -0.2) is 4.90 Å². The van der Waals surface area contributed by atoms with Crippen molar-refractivity contribution >= 4 is 58.2 Å². The number of carbonyl (C=O) groups is 2. The van der Waals surface area contributed by atoms with Gasteiger partial charge in [-0.15, -0.1) is 11.8 Å². The summed E-state index contributed by atoms with van der Waals surface area (Å²) in [6, 6.07) is 11.9. The molecule has 23 heavy (non-hydrogen) atoms. The number of halogens is 2. The number of amides is 2. The molecule has 2 aromatic carbocycles. The van der Waals surface area contributed by atoms with Crippen molar-refractivity contribution in [3.63, 3.8) is 0 Å². The molecule has 2 amide bonds. The van der Waals surface area contributed by atoms with Gasteiger partial charge in [0.05, 0.1) is 16.0 Å². The van der Waals surface area contributed by atoms with Crippen molar-refractivity contribution < 1.29 is 9.59 Å². The van der Waals surface area contributed by atoms with Gasteiger partial charge in [0.1, 0.15) is 0 Å². The second kappa shape index (κ2) is 6.43. The molecule has 7 heteroatoms. The second-order valence-electron chi connectivity index (χ2n) is 5.04. The Kier molecular flexibility index (Phi) is 4.53. The third-order valence-corrected chi connectivity index (χ3v) is 5.16.